The zero-order valence-corrected chi connectivity index (χ0v) is 9.95. The SMILES string of the molecule is CCc1ccc(CNc2cn(C)nc2C)o1. The largest absolute Gasteiger partial charge is 0.464 e. The molecule has 0 unspecified atom stereocenters. The Morgan fingerprint density at radius 1 is 1.38 bits per heavy atom. The first-order valence-electron chi connectivity index (χ1n) is 5.50. The number of nitrogens with zero attached hydrogens (tertiary/aromatic N) is 2. The van der Waals surface area contributed by atoms with Crippen LogP contribution in [-0.4, -0.2) is 9.78 Å². The molecule has 0 atom stereocenters. The number of hydrogen-bond donors (Lipinski definition) is 1. The Bertz CT molecular complexity index is 470. The second kappa shape index (κ2) is 4.43. The minimum atomic E-state index is 0.701. The van der Waals surface area contributed by atoms with Crippen molar-refractivity contribution >= 4 is 5.69 Å². The lowest BCUT2D eigenvalue weighted by Gasteiger charge is -2.01. The molecule has 2 aromatic heterocycles. The maximum Gasteiger partial charge on any atom is 0.123 e. The summed E-state index contributed by atoms with van der Waals surface area (Å²) in [5, 5.41) is 7.58. The summed E-state index contributed by atoms with van der Waals surface area (Å²) < 4.78 is 7.41. The number of nitrogens with one attached hydrogen (secondary N) is 1. The lowest BCUT2D eigenvalue weighted by molar-refractivity contribution is 0.476. The third-order valence-electron chi connectivity index (χ3n) is 2.53. The summed E-state index contributed by atoms with van der Waals surface area (Å²) in [6.07, 6.45) is 2.91. The van der Waals surface area contributed by atoms with Gasteiger partial charge < -0.3 is 9.73 Å². The fourth-order valence-electron chi connectivity index (χ4n) is 1.66. The van der Waals surface area contributed by atoms with E-state index in [0.29, 0.717) is 6.54 Å². The van der Waals surface area contributed by atoms with Gasteiger partial charge in [-0.3, -0.25) is 4.68 Å². The van der Waals surface area contributed by atoms with Crippen LogP contribution in [0.4, 0.5) is 5.69 Å². The van der Waals surface area contributed by atoms with Crippen LogP contribution in [-0.2, 0) is 20.0 Å². The van der Waals surface area contributed by atoms with Crippen LogP contribution >= 0.6 is 0 Å². The summed E-state index contributed by atoms with van der Waals surface area (Å²) in [5.74, 6) is 1.99. The zero-order chi connectivity index (χ0) is 11.5. The van der Waals surface area contributed by atoms with Crippen LogP contribution in [0.15, 0.2) is 22.7 Å². The number of aromatic nitrogens is 2. The fraction of sp³-hybridized carbons (Fsp3) is 0.417. The monoisotopic (exact) mass is 219 g/mol. The Balaban J connectivity index is 1.99. The molecule has 2 aromatic rings. The van der Waals surface area contributed by atoms with Crippen LogP contribution in [0.1, 0.15) is 24.1 Å². The van der Waals surface area contributed by atoms with Crippen molar-refractivity contribution in [3.63, 3.8) is 0 Å². The minimum absolute atomic E-state index is 0.701. The highest BCUT2D eigenvalue weighted by molar-refractivity contribution is 5.45. The van der Waals surface area contributed by atoms with Crippen LogP contribution in [0.25, 0.3) is 0 Å². The maximum absolute atomic E-state index is 5.61. The molecule has 0 spiro atoms. The Kier molecular flexibility index (Phi) is 2.99. The van der Waals surface area contributed by atoms with Crippen LogP contribution in [0.2, 0.25) is 0 Å². The molecular weight excluding hydrogens is 202 g/mol. The summed E-state index contributed by atoms with van der Waals surface area (Å²) >= 11 is 0. The number of aryl methyl sites for hydroxylation is 3. The molecule has 0 aromatic carbocycles. The molecule has 86 valence electrons. The van der Waals surface area contributed by atoms with Gasteiger partial charge in [-0.25, -0.2) is 0 Å². The molecule has 4 nitrogen and oxygen atoms in total. The molecule has 4 heteroatoms. The molecule has 2 rings (SSSR count). The fourth-order valence-corrected chi connectivity index (χ4v) is 1.66. The van der Waals surface area contributed by atoms with E-state index in [1.54, 1.807) is 4.68 Å². The minimum Gasteiger partial charge on any atom is -0.464 e. The molecule has 0 fully saturated rings. The highest BCUT2D eigenvalue weighted by atomic mass is 16.3. The van der Waals surface area contributed by atoms with E-state index in [9.17, 15) is 0 Å². The molecule has 1 N–H and O–H groups in total. The van der Waals surface area contributed by atoms with Crippen molar-refractivity contribution in [2.75, 3.05) is 5.32 Å². The van der Waals surface area contributed by atoms with E-state index in [4.69, 9.17) is 4.42 Å². The van der Waals surface area contributed by atoms with Crippen molar-refractivity contribution in [2.45, 2.75) is 26.8 Å². The van der Waals surface area contributed by atoms with Crippen molar-refractivity contribution in [3.05, 3.63) is 35.5 Å². The van der Waals surface area contributed by atoms with E-state index in [-0.39, 0.29) is 0 Å². The molecule has 0 aliphatic heterocycles. The van der Waals surface area contributed by atoms with Gasteiger partial charge in [0.15, 0.2) is 0 Å². The highest BCUT2D eigenvalue weighted by Crippen LogP contribution is 2.14. The third kappa shape index (κ3) is 2.27. The average Bonchev–Trinajstić information content (AvgIpc) is 2.82. The van der Waals surface area contributed by atoms with E-state index in [0.717, 1.165) is 29.3 Å². The molecule has 0 aliphatic rings. The lowest BCUT2D eigenvalue weighted by Crippen LogP contribution is -1.98. The quantitative estimate of drug-likeness (QED) is 0.859. The number of anilines is 1. The molecule has 0 radical (unpaired) electrons. The van der Waals surface area contributed by atoms with E-state index in [1.165, 1.54) is 0 Å². The van der Waals surface area contributed by atoms with Crippen molar-refractivity contribution in [3.8, 4) is 0 Å². The normalized spacial score (nSPS) is 10.7. The van der Waals surface area contributed by atoms with Gasteiger partial charge in [-0.15, -0.1) is 0 Å². The highest BCUT2D eigenvalue weighted by Gasteiger charge is 2.04. The van der Waals surface area contributed by atoms with Gasteiger partial charge in [0.05, 0.1) is 17.9 Å². The predicted octanol–water partition coefficient (Wildman–Crippen LogP) is 2.50. The molecule has 0 amide bonds. The van der Waals surface area contributed by atoms with E-state index >= 15 is 0 Å². The van der Waals surface area contributed by atoms with Gasteiger partial charge in [0.25, 0.3) is 0 Å². The maximum atomic E-state index is 5.61. The van der Waals surface area contributed by atoms with Crippen LogP contribution in [0, 0.1) is 6.92 Å². The Hall–Kier alpha value is -1.71. The van der Waals surface area contributed by atoms with E-state index < -0.39 is 0 Å². The van der Waals surface area contributed by atoms with Crippen LogP contribution in [0.5, 0.6) is 0 Å². The van der Waals surface area contributed by atoms with Gasteiger partial charge in [-0.1, -0.05) is 6.92 Å². The Morgan fingerprint density at radius 3 is 2.69 bits per heavy atom. The zero-order valence-electron chi connectivity index (χ0n) is 9.95. The van der Waals surface area contributed by atoms with Crippen molar-refractivity contribution in [1.82, 2.24) is 9.78 Å². The summed E-state index contributed by atoms with van der Waals surface area (Å²) in [4.78, 5) is 0. The molecule has 0 aliphatic carbocycles. The van der Waals surface area contributed by atoms with Gasteiger partial charge in [-0.2, -0.15) is 5.10 Å². The van der Waals surface area contributed by atoms with Gasteiger partial charge in [0.1, 0.15) is 11.5 Å². The molecule has 0 saturated heterocycles. The first-order valence-corrected chi connectivity index (χ1v) is 5.50. The molecule has 0 saturated carbocycles. The first-order chi connectivity index (χ1) is 7.69. The van der Waals surface area contributed by atoms with Gasteiger partial charge in [-0.05, 0) is 19.1 Å². The summed E-state index contributed by atoms with van der Waals surface area (Å²) in [7, 11) is 1.92. The van der Waals surface area contributed by atoms with Gasteiger partial charge in [0, 0.05) is 19.7 Å². The van der Waals surface area contributed by atoms with E-state index in [1.807, 2.05) is 32.3 Å². The number of furan rings is 1. The number of rotatable bonds is 4. The molecular formula is C12H17N3O. The van der Waals surface area contributed by atoms with Crippen molar-refractivity contribution < 1.29 is 4.42 Å². The Morgan fingerprint density at radius 2 is 2.12 bits per heavy atom. The van der Waals surface area contributed by atoms with Crippen LogP contribution in [0.3, 0.4) is 0 Å². The molecule has 0 bridgehead atoms. The van der Waals surface area contributed by atoms with Gasteiger partial charge in [0.2, 0.25) is 0 Å². The van der Waals surface area contributed by atoms with Crippen molar-refractivity contribution in [2.24, 2.45) is 7.05 Å². The van der Waals surface area contributed by atoms with E-state index in [2.05, 4.69) is 17.3 Å². The second-order valence-corrected chi connectivity index (χ2v) is 3.88. The Labute approximate surface area is 95.3 Å². The number of hydrogen-bond acceptors (Lipinski definition) is 3. The predicted molar refractivity (Wildman–Crippen MR) is 63.4 cm³/mol. The smallest absolute Gasteiger partial charge is 0.123 e. The first kappa shape index (κ1) is 10.8. The molecule has 16 heavy (non-hydrogen) atoms. The summed E-state index contributed by atoms with van der Waals surface area (Å²) in [5.41, 5.74) is 2.06. The third-order valence-corrected chi connectivity index (χ3v) is 2.53. The summed E-state index contributed by atoms with van der Waals surface area (Å²) in [6, 6.07) is 4.03. The summed E-state index contributed by atoms with van der Waals surface area (Å²) in [6.45, 7) is 4.77. The molecule has 2 heterocycles. The van der Waals surface area contributed by atoms with Gasteiger partial charge >= 0.3 is 0 Å². The topological polar surface area (TPSA) is 43.0 Å². The average molecular weight is 219 g/mol. The van der Waals surface area contributed by atoms with Crippen LogP contribution < -0.4 is 5.32 Å². The van der Waals surface area contributed by atoms with Crippen molar-refractivity contribution in [1.29, 1.82) is 0 Å². The lowest BCUT2D eigenvalue weighted by atomic mass is 10.3. The standard InChI is InChI=1S/C12H17N3O/c1-4-10-5-6-11(16-10)7-13-12-8-15(3)14-9(12)2/h5-6,8,13H,4,7H2,1-3H3. The second-order valence-electron chi connectivity index (χ2n) is 3.88.